The van der Waals surface area contributed by atoms with Gasteiger partial charge in [-0.3, -0.25) is 9.69 Å². The van der Waals surface area contributed by atoms with Gasteiger partial charge in [0.15, 0.2) is 0 Å². The van der Waals surface area contributed by atoms with E-state index in [9.17, 15) is 4.79 Å². The first-order valence-electron chi connectivity index (χ1n) is 9.08. The van der Waals surface area contributed by atoms with Crippen molar-refractivity contribution in [1.82, 2.24) is 10.2 Å². The van der Waals surface area contributed by atoms with Crippen LogP contribution in [-0.4, -0.2) is 49.7 Å². The SMILES string of the molecule is CCC(CC)C(CNC(=O)c1ccc(CN)cc1)N1CCOCC1. The molecule has 1 heterocycles. The summed E-state index contributed by atoms with van der Waals surface area (Å²) in [6, 6.07) is 7.89. The van der Waals surface area contributed by atoms with Gasteiger partial charge in [-0.05, 0) is 23.6 Å². The summed E-state index contributed by atoms with van der Waals surface area (Å²) >= 11 is 0. The van der Waals surface area contributed by atoms with Crippen molar-refractivity contribution in [3.63, 3.8) is 0 Å². The molecule has 1 fully saturated rings. The van der Waals surface area contributed by atoms with Crippen molar-refractivity contribution >= 4 is 5.91 Å². The number of amides is 1. The predicted molar refractivity (Wildman–Crippen MR) is 96.9 cm³/mol. The highest BCUT2D eigenvalue weighted by atomic mass is 16.5. The molecule has 0 bridgehead atoms. The maximum absolute atomic E-state index is 12.4. The van der Waals surface area contributed by atoms with Gasteiger partial charge in [0.1, 0.15) is 0 Å². The van der Waals surface area contributed by atoms with Crippen LogP contribution in [-0.2, 0) is 11.3 Å². The molecule has 0 aliphatic carbocycles. The van der Waals surface area contributed by atoms with Crippen molar-refractivity contribution < 1.29 is 9.53 Å². The van der Waals surface area contributed by atoms with E-state index < -0.39 is 0 Å². The number of ether oxygens (including phenoxy) is 1. The lowest BCUT2D eigenvalue weighted by Gasteiger charge is -2.38. The first-order valence-corrected chi connectivity index (χ1v) is 9.08. The molecule has 1 aromatic carbocycles. The van der Waals surface area contributed by atoms with Crippen LogP contribution in [0, 0.1) is 5.92 Å². The van der Waals surface area contributed by atoms with Crippen molar-refractivity contribution in [2.24, 2.45) is 11.7 Å². The zero-order valence-electron chi connectivity index (χ0n) is 15.0. The second kappa shape index (κ2) is 9.77. The van der Waals surface area contributed by atoms with Gasteiger partial charge in [-0.1, -0.05) is 38.8 Å². The Kier molecular flexibility index (Phi) is 7.69. The molecule has 0 spiro atoms. The average Bonchev–Trinajstić information content (AvgIpc) is 2.65. The Hall–Kier alpha value is -1.43. The van der Waals surface area contributed by atoms with Crippen LogP contribution >= 0.6 is 0 Å². The molecule has 5 nitrogen and oxygen atoms in total. The molecule has 1 aliphatic heterocycles. The lowest BCUT2D eigenvalue weighted by atomic mass is 9.92. The van der Waals surface area contributed by atoms with E-state index in [2.05, 4.69) is 24.1 Å². The Morgan fingerprint density at radius 1 is 1.21 bits per heavy atom. The van der Waals surface area contributed by atoms with E-state index in [0.29, 0.717) is 30.6 Å². The van der Waals surface area contributed by atoms with Crippen LogP contribution in [0.2, 0.25) is 0 Å². The highest BCUT2D eigenvalue weighted by Gasteiger charge is 2.27. The number of benzene rings is 1. The monoisotopic (exact) mass is 333 g/mol. The predicted octanol–water partition coefficient (Wildman–Crippen LogP) is 2.01. The summed E-state index contributed by atoms with van der Waals surface area (Å²) in [5.41, 5.74) is 7.33. The first kappa shape index (κ1) is 18.9. The lowest BCUT2D eigenvalue weighted by molar-refractivity contribution is 0.00191. The molecule has 134 valence electrons. The van der Waals surface area contributed by atoms with Gasteiger partial charge in [0.25, 0.3) is 5.91 Å². The number of nitrogens with zero attached hydrogens (tertiary/aromatic N) is 1. The molecule has 5 heteroatoms. The summed E-state index contributed by atoms with van der Waals surface area (Å²) in [6.45, 7) is 9.10. The molecule has 1 aromatic rings. The van der Waals surface area contributed by atoms with Crippen LogP contribution in [0.4, 0.5) is 0 Å². The maximum atomic E-state index is 12.4. The van der Waals surface area contributed by atoms with Gasteiger partial charge >= 0.3 is 0 Å². The molecule has 1 atom stereocenters. The average molecular weight is 333 g/mol. The third-order valence-corrected chi connectivity index (χ3v) is 5.03. The number of morpholine rings is 1. The standard InChI is InChI=1S/C19H31N3O2/c1-3-16(4-2)18(22-9-11-24-12-10-22)14-21-19(23)17-7-5-15(13-20)6-8-17/h5-8,16,18H,3-4,9-14,20H2,1-2H3,(H,21,23). The van der Waals surface area contributed by atoms with Gasteiger partial charge in [-0.15, -0.1) is 0 Å². The number of nitrogens with two attached hydrogens (primary N) is 1. The van der Waals surface area contributed by atoms with Crippen LogP contribution in [0.15, 0.2) is 24.3 Å². The molecule has 1 saturated heterocycles. The van der Waals surface area contributed by atoms with Gasteiger partial charge in [-0.25, -0.2) is 0 Å². The largest absolute Gasteiger partial charge is 0.379 e. The van der Waals surface area contributed by atoms with Crippen LogP contribution in [0.1, 0.15) is 42.6 Å². The van der Waals surface area contributed by atoms with Crippen molar-refractivity contribution in [2.75, 3.05) is 32.8 Å². The van der Waals surface area contributed by atoms with E-state index in [1.807, 2.05) is 24.3 Å². The fourth-order valence-electron chi connectivity index (χ4n) is 3.43. The Morgan fingerprint density at radius 2 is 1.83 bits per heavy atom. The zero-order chi connectivity index (χ0) is 17.4. The summed E-state index contributed by atoms with van der Waals surface area (Å²) in [6.07, 6.45) is 2.25. The van der Waals surface area contributed by atoms with E-state index in [-0.39, 0.29) is 5.91 Å². The highest BCUT2D eigenvalue weighted by molar-refractivity contribution is 5.94. The summed E-state index contributed by atoms with van der Waals surface area (Å²) in [5.74, 6) is 0.575. The van der Waals surface area contributed by atoms with Gasteiger partial charge in [0, 0.05) is 37.8 Å². The summed E-state index contributed by atoms with van der Waals surface area (Å²) < 4.78 is 5.47. The summed E-state index contributed by atoms with van der Waals surface area (Å²) in [5, 5.41) is 3.13. The second-order valence-electron chi connectivity index (χ2n) is 6.40. The number of nitrogens with one attached hydrogen (secondary N) is 1. The molecular formula is C19H31N3O2. The van der Waals surface area contributed by atoms with Crippen molar-refractivity contribution in [3.05, 3.63) is 35.4 Å². The first-order chi connectivity index (χ1) is 11.7. The quantitative estimate of drug-likeness (QED) is 0.764. The fraction of sp³-hybridized carbons (Fsp3) is 0.632. The van der Waals surface area contributed by atoms with E-state index in [1.54, 1.807) is 0 Å². The number of rotatable bonds is 8. The Bertz CT molecular complexity index is 494. The Labute approximate surface area is 145 Å². The van der Waals surface area contributed by atoms with Gasteiger partial charge in [0.05, 0.1) is 13.2 Å². The minimum Gasteiger partial charge on any atom is -0.379 e. The molecule has 1 amide bonds. The molecule has 1 aliphatic rings. The van der Waals surface area contributed by atoms with E-state index in [1.165, 1.54) is 0 Å². The normalized spacial score (nSPS) is 17.0. The number of carbonyl (C=O) groups is 1. The summed E-state index contributed by atoms with van der Waals surface area (Å²) in [7, 11) is 0. The molecule has 3 N–H and O–H groups in total. The van der Waals surface area contributed by atoms with Crippen LogP contribution in [0.5, 0.6) is 0 Å². The molecule has 0 aromatic heterocycles. The topological polar surface area (TPSA) is 67.6 Å². The lowest BCUT2D eigenvalue weighted by Crippen LogP contribution is -2.52. The van der Waals surface area contributed by atoms with Gasteiger partial charge in [-0.2, -0.15) is 0 Å². The van der Waals surface area contributed by atoms with Crippen molar-refractivity contribution in [1.29, 1.82) is 0 Å². The van der Waals surface area contributed by atoms with Crippen LogP contribution in [0.25, 0.3) is 0 Å². The third-order valence-electron chi connectivity index (χ3n) is 5.03. The third kappa shape index (κ3) is 5.03. The Morgan fingerprint density at radius 3 is 2.38 bits per heavy atom. The van der Waals surface area contributed by atoms with Crippen LogP contribution in [0.3, 0.4) is 0 Å². The van der Waals surface area contributed by atoms with E-state index >= 15 is 0 Å². The van der Waals surface area contributed by atoms with Gasteiger partial charge in [0.2, 0.25) is 0 Å². The van der Waals surface area contributed by atoms with Crippen molar-refractivity contribution in [3.8, 4) is 0 Å². The smallest absolute Gasteiger partial charge is 0.251 e. The minimum absolute atomic E-state index is 0.0113. The zero-order valence-corrected chi connectivity index (χ0v) is 15.0. The summed E-state index contributed by atoms with van der Waals surface area (Å²) in [4.78, 5) is 14.9. The number of hydrogen-bond acceptors (Lipinski definition) is 4. The van der Waals surface area contributed by atoms with Crippen LogP contribution < -0.4 is 11.1 Å². The van der Waals surface area contributed by atoms with E-state index in [0.717, 1.165) is 44.7 Å². The Balaban J connectivity index is 1.98. The fourth-order valence-corrected chi connectivity index (χ4v) is 3.43. The van der Waals surface area contributed by atoms with Crippen molar-refractivity contribution in [2.45, 2.75) is 39.3 Å². The number of hydrogen-bond donors (Lipinski definition) is 2. The molecule has 0 radical (unpaired) electrons. The minimum atomic E-state index is -0.0113. The molecule has 2 rings (SSSR count). The van der Waals surface area contributed by atoms with E-state index in [4.69, 9.17) is 10.5 Å². The second-order valence-corrected chi connectivity index (χ2v) is 6.40. The molecular weight excluding hydrogens is 302 g/mol. The van der Waals surface area contributed by atoms with Gasteiger partial charge < -0.3 is 15.8 Å². The number of carbonyl (C=O) groups excluding carboxylic acids is 1. The molecule has 1 unspecified atom stereocenters. The molecule has 0 saturated carbocycles. The highest BCUT2D eigenvalue weighted by Crippen LogP contribution is 2.19. The molecule has 24 heavy (non-hydrogen) atoms. The maximum Gasteiger partial charge on any atom is 0.251 e.